The number of pyridine rings is 1. The van der Waals surface area contributed by atoms with E-state index in [1.165, 1.54) is 12.3 Å². The zero-order valence-electron chi connectivity index (χ0n) is 13.1. The number of alkyl halides is 3. The maximum absolute atomic E-state index is 13.1. The Labute approximate surface area is 137 Å². The second-order valence-corrected chi connectivity index (χ2v) is 5.95. The summed E-state index contributed by atoms with van der Waals surface area (Å²) in [6.45, 7) is 0.332. The number of hydrogen-bond acceptors (Lipinski definition) is 3. The Morgan fingerprint density at radius 2 is 2.25 bits per heavy atom. The molecule has 0 spiro atoms. The van der Waals surface area contributed by atoms with Crippen LogP contribution in [0.1, 0.15) is 46.3 Å². The third-order valence-electron chi connectivity index (χ3n) is 4.13. The number of rotatable bonds is 3. The number of hydrogen-bond donors (Lipinski definition) is 0. The van der Waals surface area contributed by atoms with Crippen LogP contribution in [0.4, 0.5) is 13.2 Å². The van der Waals surface area contributed by atoms with Gasteiger partial charge < -0.3 is 9.32 Å². The first-order valence-corrected chi connectivity index (χ1v) is 7.72. The fourth-order valence-corrected chi connectivity index (χ4v) is 3.13. The summed E-state index contributed by atoms with van der Waals surface area (Å²) in [7, 11) is 0. The molecule has 7 heteroatoms. The van der Waals surface area contributed by atoms with E-state index in [0.717, 1.165) is 23.3 Å². The van der Waals surface area contributed by atoms with Gasteiger partial charge in [-0.3, -0.25) is 9.78 Å². The van der Waals surface area contributed by atoms with E-state index < -0.39 is 24.7 Å². The standard InChI is InChI=1S/C17H17F3N2O2/c1-11-8-13(9-24-11)16(23)22(10-17(18,19)20)14-6-2-4-12-5-3-7-21-15(12)14/h3,5,7-9,14H,2,4,6,10H2,1H3/t14-/m0/s1. The van der Waals surface area contributed by atoms with Crippen LogP contribution in [0.25, 0.3) is 0 Å². The smallest absolute Gasteiger partial charge is 0.406 e. The average Bonchev–Trinajstić information content (AvgIpc) is 2.97. The molecule has 1 aliphatic carbocycles. The molecule has 0 N–H and O–H groups in total. The molecule has 0 saturated carbocycles. The number of aryl methyl sites for hydroxylation is 2. The summed E-state index contributed by atoms with van der Waals surface area (Å²) in [6.07, 6.45) is 0.204. The van der Waals surface area contributed by atoms with E-state index in [2.05, 4.69) is 4.98 Å². The number of nitrogens with zero attached hydrogens (tertiary/aromatic N) is 2. The molecule has 0 saturated heterocycles. The summed E-state index contributed by atoms with van der Waals surface area (Å²) in [5, 5.41) is 0. The highest BCUT2D eigenvalue weighted by Crippen LogP contribution is 2.35. The number of aromatic nitrogens is 1. The summed E-state index contributed by atoms with van der Waals surface area (Å²) in [6, 6.07) is 4.39. The number of halogens is 3. The molecule has 1 amide bonds. The fraction of sp³-hybridized carbons (Fsp3) is 0.412. The second kappa shape index (κ2) is 6.30. The molecule has 4 nitrogen and oxygen atoms in total. The van der Waals surface area contributed by atoms with Crippen LogP contribution in [-0.4, -0.2) is 28.5 Å². The SMILES string of the molecule is Cc1cc(C(=O)N(CC(F)(F)F)[C@H]2CCCc3cccnc32)co1. The number of furan rings is 1. The summed E-state index contributed by atoms with van der Waals surface area (Å²) < 4.78 is 44.3. The minimum absolute atomic E-state index is 0.125. The first-order valence-electron chi connectivity index (χ1n) is 7.72. The molecule has 2 aromatic rings. The third-order valence-corrected chi connectivity index (χ3v) is 4.13. The van der Waals surface area contributed by atoms with Crippen molar-refractivity contribution in [1.82, 2.24) is 9.88 Å². The van der Waals surface area contributed by atoms with E-state index in [-0.39, 0.29) is 5.56 Å². The first kappa shape index (κ1) is 16.5. The van der Waals surface area contributed by atoms with Gasteiger partial charge in [-0.2, -0.15) is 13.2 Å². The summed E-state index contributed by atoms with van der Waals surface area (Å²) in [5.41, 5.74) is 1.58. The van der Waals surface area contributed by atoms with Gasteiger partial charge in [-0.25, -0.2) is 0 Å². The van der Waals surface area contributed by atoms with Crippen molar-refractivity contribution in [1.29, 1.82) is 0 Å². The van der Waals surface area contributed by atoms with Crippen LogP contribution in [0.15, 0.2) is 35.1 Å². The van der Waals surface area contributed by atoms with Gasteiger partial charge in [0.2, 0.25) is 0 Å². The first-order chi connectivity index (χ1) is 11.3. The van der Waals surface area contributed by atoms with Crippen molar-refractivity contribution in [3.63, 3.8) is 0 Å². The molecule has 0 fully saturated rings. The Balaban J connectivity index is 1.98. The zero-order valence-corrected chi connectivity index (χ0v) is 13.1. The largest absolute Gasteiger partial charge is 0.469 e. The van der Waals surface area contributed by atoms with Crippen molar-refractivity contribution in [3.05, 3.63) is 53.2 Å². The van der Waals surface area contributed by atoms with Crippen LogP contribution in [-0.2, 0) is 6.42 Å². The quantitative estimate of drug-likeness (QED) is 0.848. The van der Waals surface area contributed by atoms with Crippen LogP contribution in [0, 0.1) is 6.92 Å². The summed E-state index contributed by atoms with van der Waals surface area (Å²) >= 11 is 0. The van der Waals surface area contributed by atoms with Gasteiger partial charge in [0.05, 0.1) is 17.3 Å². The minimum Gasteiger partial charge on any atom is -0.469 e. The Bertz CT molecular complexity index is 739. The predicted octanol–water partition coefficient (Wildman–Crippen LogP) is 4.07. The van der Waals surface area contributed by atoms with Gasteiger partial charge in [0.15, 0.2) is 0 Å². The van der Waals surface area contributed by atoms with E-state index in [9.17, 15) is 18.0 Å². The molecular weight excluding hydrogens is 321 g/mol. The number of carbonyl (C=O) groups is 1. The highest BCUT2D eigenvalue weighted by atomic mass is 19.4. The van der Waals surface area contributed by atoms with Crippen molar-refractivity contribution in [2.75, 3.05) is 6.54 Å². The molecule has 1 aliphatic rings. The molecule has 0 bridgehead atoms. The van der Waals surface area contributed by atoms with Crippen molar-refractivity contribution in [3.8, 4) is 0 Å². The lowest BCUT2D eigenvalue weighted by atomic mass is 9.90. The topological polar surface area (TPSA) is 46.3 Å². The van der Waals surface area contributed by atoms with Crippen molar-refractivity contribution < 1.29 is 22.4 Å². The summed E-state index contributed by atoms with van der Waals surface area (Å²) in [4.78, 5) is 17.8. The van der Waals surface area contributed by atoms with Gasteiger partial charge in [-0.05, 0) is 43.9 Å². The molecule has 3 rings (SSSR count). The van der Waals surface area contributed by atoms with Gasteiger partial charge in [-0.1, -0.05) is 6.07 Å². The van der Waals surface area contributed by atoms with Crippen molar-refractivity contribution in [2.24, 2.45) is 0 Å². The van der Waals surface area contributed by atoms with E-state index >= 15 is 0 Å². The molecule has 0 radical (unpaired) electrons. The second-order valence-electron chi connectivity index (χ2n) is 5.95. The molecule has 1 atom stereocenters. The van der Waals surface area contributed by atoms with E-state index in [1.54, 1.807) is 19.2 Å². The zero-order chi connectivity index (χ0) is 17.3. The molecule has 0 aromatic carbocycles. The Kier molecular flexibility index (Phi) is 4.34. The normalized spacial score (nSPS) is 17.4. The monoisotopic (exact) mass is 338 g/mol. The molecule has 128 valence electrons. The average molecular weight is 338 g/mol. The maximum Gasteiger partial charge on any atom is 0.406 e. The number of carbonyl (C=O) groups excluding carboxylic acids is 1. The van der Waals surface area contributed by atoms with Gasteiger partial charge in [0.25, 0.3) is 5.91 Å². The van der Waals surface area contributed by atoms with Crippen LogP contribution in [0.5, 0.6) is 0 Å². The molecule has 2 heterocycles. The maximum atomic E-state index is 13.1. The Morgan fingerprint density at radius 3 is 2.92 bits per heavy atom. The van der Waals surface area contributed by atoms with E-state index in [4.69, 9.17) is 4.42 Å². The van der Waals surface area contributed by atoms with Crippen LogP contribution in [0.2, 0.25) is 0 Å². The highest BCUT2D eigenvalue weighted by molar-refractivity contribution is 5.94. The highest BCUT2D eigenvalue weighted by Gasteiger charge is 2.39. The minimum atomic E-state index is -4.49. The Hall–Kier alpha value is -2.31. The number of amides is 1. The molecule has 24 heavy (non-hydrogen) atoms. The Morgan fingerprint density at radius 1 is 1.46 bits per heavy atom. The lowest BCUT2D eigenvalue weighted by Gasteiger charge is -2.35. The summed E-state index contributed by atoms with van der Waals surface area (Å²) in [5.74, 6) is -0.208. The van der Waals surface area contributed by atoms with Crippen LogP contribution < -0.4 is 0 Å². The molecule has 2 aromatic heterocycles. The van der Waals surface area contributed by atoms with Gasteiger partial charge in [0, 0.05) is 6.20 Å². The molecular formula is C17H17F3N2O2. The number of fused-ring (bicyclic) bond motifs is 1. The predicted molar refractivity (Wildman–Crippen MR) is 80.5 cm³/mol. The fourth-order valence-electron chi connectivity index (χ4n) is 3.13. The van der Waals surface area contributed by atoms with Crippen molar-refractivity contribution >= 4 is 5.91 Å². The van der Waals surface area contributed by atoms with Gasteiger partial charge >= 0.3 is 6.18 Å². The lowest BCUT2D eigenvalue weighted by molar-refractivity contribution is -0.145. The van der Waals surface area contributed by atoms with Crippen LogP contribution >= 0.6 is 0 Å². The van der Waals surface area contributed by atoms with Gasteiger partial charge in [0.1, 0.15) is 18.6 Å². The van der Waals surface area contributed by atoms with E-state index in [0.29, 0.717) is 17.9 Å². The molecule has 0 unspecified atom stereocenters. The van der Waals surface area contributed by atoms with E-state index in [1.807, 2.05) is 6.07 Å². The third kappa shape index (κ3) is 3.44. The van der Waals surface area contributed by atoms with Crippen LogP contribution in [0.3, 0.4) is 0 Å². The van der Waals surface area contributed by atoms with Gasteiger partial charge in [-0.15, -0.1) is 0 Å². The molecule has 0 aliphatic heterocycles. The lowest BCUT2D eigenvalue weighted by Crippen LogP contribution is -2.42. The van der Waals surface area contributed by atoms with Crippen molar-refractivity contribution in [2.45, 2.75) is 38.4 Å².